The molecule has 1 N–H and O–H groups in total. The van der Waals surface area contributed by atoms with E-state index in [9.17, 15) is 14.7 Å². The normalized spacial score (nSPS) is 16.7. The molecule has 2 aromatic heterocycles. The van der Waals surface area contributed by atoms with E-state index in [1.165, 1.54) is 0 Å². The predicted molar refractivity (Wildman–Crippen MR) is 114 cm³/mol. The van der Waals surface area contributed by atoms with Gasteiger partial charge in [0.25, 0.3) is 0 Å². The maximum atomic E-state index is 13.1. The third-order valence-electron chi connectivity index (χ3n) is 6.16. The molecule has 0 bridgehead atoms. The quantitative estimate of drug-likeness (QED) is 0.657. The maximum absolute atomic E-state index is 13.1. The van der Waals surface area contributed by atoms with E-state index in [2.05, 4.69) is 4.98 Å². The molecule has 1 aliphatic heterocycles. The number of fused-ring (bicyclic) bond motifs is 1. The molecular formula is C24H26N2O4. The van der Waals surface area contributed by atoms with Crippen LogP contribution in [0.1, 0.15) is 54.0 Å². The summed E-state index contributed by atoms with van der Waals surface area (Å²) in [5.74, 6) is 0.142. The van der Waals surface area contributed by atoms with Crippen LogP contribution in [0.4, 0.5) is 0 Å². The van der Waals surface area contributed by atoms with Gasteiger partial charge in [0.2, 0.25) is 5.91 Å². The van der Waals surface area contributed by atoms with E-state index >= 15 is 0 Å². The first-order chi connectivity index (χ1) is 14.5. The third-order valence-corrected chi connectivity index (χ3v) is 6.16. The van der Waals surface area contributed by atoms with Crippen molar-refractivity contribution in [2.45, 2.75) is 52.0 Å². The number of nitrogens with zero attached hydrogens (tertiary/aromatic N) is 2. The number of phenolic OH excluding ortho intramolecular Hbond substituents is 1. The number of aromatic nitrogens is 1. The van der Waals surface area contributed by atoms with E-state index in [1.54, 1.807) is 25.3 Å². The summed E-state index contributed by atoms with van der Waals surface area (Å²) in [5, 5.41) is 10.7. The fourth-order valence-electron chi connectivity index (χ4n) is 4.39. The van der Waals surface area contributed by atoms with E-state index in [1.807, 2.05) is 30.2 Å². The van der Waals surface area contributed by atoms with Gasteiger partial charge in [-0.05, 0) is 68.9 Å². The summed E-state index contributed by atoms with van der Waals surface area (Å²) < 4.78 is 5.50. The molecule has 3 heterocycles. The molecule has 1 unspecified atom stereocenters. The van der Waals surface area contributed by atoms with Crippen LogP contribution in [0, 0.1) is 13.8 Å². The minimum atomic E-state index is -0.441. The van der Waals surface area contributed by atoms with Crippen molar-refractivity contribution in [2.75, 3.05) is 6.54 Å². The first-order valence-corrected chi connectivity index (χ1v) is 10.4. The van der Waals surface area contributed by atoms with Crippen molar-refractivity contribution in [3.05, 3.63) is 69.3 Å². The van der Waals surface area contributed by atoms with E-state index in [0.717, 1.165) is 42.3 Å². The van der Waals surface area contributed by atoms with Crippen molar-refractivity contribution in [3.8, 4) is 5.75 Å². The number of pyridine rings is 1. The van der Waals surface area contributed by atoms with Gasteiger partial charge in [-0.2, -0.15) is 0 Å². The molecule has 6 heteroatoms. The zero-order chi connectivity index (χ0) is 21.3. The number of aromatic hydroxyl groups is 1. The number of aryl methyl sites for hydroxylation is 2. The molecule has 3 aromatic rings. The van der Waals surface area contributed by atoms with E-state index < -0.39 is 5.63 Å². The largest absolute Gasteiger partial charge is 0.508 e. The van der Waals surface area contributed by atoms with Gasteiger partial charge in [-0.25, -0.2) is 4.79 Å². The molecule has 1 aromatic carbocycles. The standard InChI is InChI=1S/C24H26N2O4/c1-15-18-8-10-21(27)16(2)23(18)30-24(29)19(15)9-11-22(28)26-13-4-3-7-20(26)17-6-5-12-25-14-17/h5-6,8,10,12,14,20,27H,3-4,7,9,11,13H2,1-2H3. The molecular weight excluding hydrogens is 380 g/mol. The number of piperidine rings is 1. The minimum absolute atomic E-state index is 0.0414. The monoisotopic (exact) mass is 406 g/mol. The van der Waals surface area contributed by atoms with Crippen molar-refractivity contribution < 1.29 is 14.3 Å². The number of likely N-dealkylation sites (tertiary alicyclic amines) is 1. The summed E-state index contributed by atoms with van der Waals surface area (Å²) in [7, 11) is 0. The number of rotatable bonds is 4. The fourth-order valence-corrected chi connectivity index (χ4v) is 4.39. The van der Waals surface area contributed by atoms with Gasteiger partial charge in [-0.3, -0.25) is 9.78 Å². The summed E-state index contributed by atoms with van der Waals surface area (Å²) >= 11 is 0. The van der Waals surface area contributed by atoms with Gasteiger partial charge in [0.05, 0.1) is 6.04 Å². The van der Waals surface area contributed by atoms with Gasteiger partial charge in [-0.15, -0.1) is 0 Å². The van der Waals surface area contributed by atoms with Crippen LogP contribution >= 0.6 is 0 Å². The first-order valence-electron chi connectivity index (χ1n) is 10.4. The highest BCUT2D eigenvalue weighted by molar-refractivity contribution is 5.85. The summed E-state index contributed by atoms with van der Waals surface area (Å²) in [6.07, 6.45) is 7.16. The van der Waals surface area contributed by atoms with E-state index in [0.29, 0.717) is 23.1 Å². The maximum Gasteiger partial charge on any atom is 0.339 e. The Labute approximate surface area is 175 Å². The van der Waals surface area contributed by atoms with Crippen molar-refractivity contribution in [3.63, 3.8) is 0 Å². The number of benzene rings is 1. The Bertz CT molecular complexity index is 1140. The lowest BCUT2D eigenvalue weighted by atomic mass is 9.95. The lowest BCUT2D eigenvalue weighted by molar-refractivity contribution is -0.135. The Morgan fingerprint density at radius 2 is 2.07 bits per heavy atom. The van der Waals surface area contributed by atoms with Gasteiger partial charge < -0.3 is 14.4 Å². The predicted octanol–water partition coefficient (Wildman–Crippen LogP) is 4.20. The molecule has 1 amide bonds. The second-order valence-electron chi connectivity index (χ2n) is 7.96. The average Bonchev–Trinajstić information content (AvgIpc) is 2.77. The van der Waals surface area contributed by atoms with Gasteiger partial charge in [0.1, 0.15) is 11.3 Å². The second-order valence-corrected chi connectivity index (χ2v) is 7.96. The molecule has 0 radical (unpaired) electrons. The molecule has 0 aliphatic carbocycles. The molecule has 1 atom stereocenters. The summed E-state index contributed by atoms with van der Waals surface area (Å²) in [6, 6.07) is 7.31. The average molecular weight is 406 g/mol. The highest BCUT2D eigenvalue weighted by Gasteiger charge is 2.28. The third kappa shape index (κ3) is 3.70. The number of hydrogen-bond acceptors (Lipinski definition) is 5. The van der Waals surface area contributed by atoms with Crippen LogP contribution in [0.15, 0.2) is 45.9 Å². The smallest absolute Gasteiger partial charge is 0.339 e. The van der Waals surface area contributed by atoms with Crippen LogP contribution in [0.5, 0.6) is 5.75 Å². The SMILES string of the molecule is Cc1c(CCC(=O)N2CCCCC2c2cccnc2)c(=O)oc2c(C)c(O)ccc12. The van der Waals surface area contributed by atoms with Gasteiger partial charge in [0.15, 0.2) is 0 Å². The Morgan fingerprint density at radius 3 is 2.83 bits per heavy atom. The molecule has 0 saturated carbocycles. The number of amides is 1. The number of phenols is 1. The second kappa shape index (κ2) is 8.30. The fraction of sp³-hybridized carbons (Fsp3) is 0.375. The minimum Gasteiger partial charge on any atom is -0.508 e. The number of carbonyl (C=O) groups excluding carboxylic acids is 1. The highest BCUT2D eigenvalue weighted by atomic mass is 16.4. The van der Waals surface area contributed by atoms with Gasteiger partial charge in [0, 0.05) is 41.9 Å². The Morgan fingerprint density at radius 1 is 1.23 bits per heavy atom. The molecule has 30 heavy (non-hydrogen) atoms. The first kappa shape index (κ1) is 20.1. The zero-order valence-electron chi connectivity index (χ0n) is 17.4. The van der Waals surface area contributed by atoms with Crippen LogP contribution < -0.4 is 5.63 Å². The van der Waals surface area contributed by atoms with Crippen LogP contribution in [-0.2, 0) is 11.2 Å². The molecule has 1 saturated heterocycles. The molecule has 4 rings (SSSR count). The summed E-state index contributed by atoms with van der Waals surface area (Å²) in [6.45, 7) is 4.31. The van der Waals surface area contributed by atoms with E-state index in [4.69, 9.17) is 4.42 Å². The van der Waals surface area contributed by atoms with Crippen molar-refractivity contribution in [1.29, 1.82) is 0 Å². The zero-order valence-corrected chi connectivity index (χ0v) is 17.4. The number of carbonyl (C=O) groups is 1. The van der Waals surface area contributed by atoms with Gasteiger partial charge >= 0.3 is 5.63 Å². The van der Waals surface area contributed by atoms with Crippen LogP contribution in [0.2, 0.25) is 0 Å². The molecule has 6 nitrogen and oxygen atoms in total. The number of hydrogen-bond donors (Lipinski definition) is 1. The Balaban J connectivity index is 1.57. The Kier molecular flexibility index (Phi) is 5.57. The van der Waals surface area contributed by atoms with Gasteiger partial charge in [-0.1, -0.05) is 6.07 Å². The van der Waals surface area contributed by atoms with Crippen LogP contribution in [0.25, 0.3) is 11.0 Å². The lowest BCUT2D eigenvalue weighted by Crippen LogP contribution is -2.38. The molecule has 0 spiro atoms. The van der Waals surface area contributed by atoms with Crippen molar-refractivity contribution >= 4 is 16.9 Å². The molecule has 1 fully saturated rings. The summed E-state index contributed by atoms with van der Waals surface area (Å²) in [4.78, 5) is 31.8. The molecule has 1 aliphatic rings. The van der Waals surface area contributed by atoms with Crippen molar-refractivity contribution in [1.82, 2.24) is 9.88 Å². The van der Waals surface area contributed by atoms with Crippen molar-refractivity contribution in [2.24, 2.45) is 0 Å². The van der Waals surface area contributed by atoms with E-state index in [-0.39, 0.29) is 24.1 Å². The van der Waals surface area contributed by atoms with Crippen LogP contribution in [-0.4, -0.2) is 27.4 Å². The lowest BCUT2D eigenvalue weighted by Gasteiger charge is -2.36. The molecule has 156 valence electrons. The Hall–Kier alpha value is -3.15. The van der Waals surface area contributed by atoms with Crippen LogP contribution in [0.3, 0.4) is 0 Å². The summed E-state index contributed by atoms with van der Waals surface area (Å²) in [5.41, 5.74) is 2.89. The highest BCUT2D eigenvalue weighted by Crippen LogP contribution is 2.32. The topological polar surface area (TPSA) is 83.6 Å².